The highest BCUT2D eigenvalue weighted by Gasteiger charge is 2.20. The van der Waals surface area contributed by atoms with Gasteiger partial charge in [-0.05, 0) is 50.3 Å². The monoisotopic (exact) mass is 527 g/mol. The molecule has 2 saturated heterocycles. The third-order valence-corrected chi connectivity index (χ3v) is 6.07. The van der Waals surface area contributed by atoms with Gasteiger partial charge in [0.25, 0.3) is 0 Å². The van der Waals surface area contributed by atoms with Crippen LogP contribution in [0.3, 0.4) is 0 Å². The summed E-state index contributed by atoms with van der Waals surface area (Å²) >= 11 is 0. The lowest BCUT2D eigenvalue weighted by atomic mass is 10.0. The predicted molar refractivity (Wildman–Crippen MR) is 134 cm³/mol. The molecule has 0 bridgehead atoms. The van der Waals surface area contributed by atoms with Crippen LogP contribution in [0.15, 0.2) is 29.3 Å². The maximum atomic E-state index is 11.8. The van der Waals surface area contributed by atoms with E-state index in [0.717, 1.165) is 51.0 Å². The fraction of sp³-hybridized carbons (Fsp3) is 0.652. The normalized spacial score (nSPS) is 20.2. The van der Waals surface area contributed by atoms with Crippen LogP contribution in [0, 0.1) is 0 Å². The summed E-state index contributed by atoms with van der Waals surface area (Å²) in [4.78, 5) is 20.8. The van der Waals surface area contributed by atoms with E-state index < -0.39 is 0 Å². The molecular weight excluding hydrogens is 489 g/mol. The Bertz CT molecular complexity index is 696. The minimum Gasteiger partial charge on any atom is -0.356 e. The van der Waals surface area contributed by atoms with Crippen LogP contribution in [0.1, 0.15) is 56.6 Å². The van der Waals surface area contributed by atoms with Crippen molar-refractivity contribution in [2.75, 3.05) is 33.2 Å². The molecule has 2 N–H and O–H groups in total. The van der Waals surface area contributed by atoms with Crippen LogP contribution in [-0.4, -0.2) is 60.9 Å². The van der Waals surface area contributed by atoms with Crippen molar-refractivity contribution < 1.29 is 4.79 Å². The summed E-state index contributed by atoms with van der Waals surface area (Å²) in [5.74, 6) is 1.12. The number of likely N-dealkylation sites (tertiary alicyclic amines) is 2. The van der Waals surface area contributed by atoms with E-state index in [4.69, 9.17) is 0 Å². The highest BCUT2D eigenvalue weighted by atomic mass is 127. The van der Waals surface area contributed by atoms with Crippen LogP contribution >= 0.6 is 24.0 Å². The minimum atomic E-state index is 0. The minimum absolute atomic E-state index is 0. The lowest BCUT2D eigenvalue weighted by Crippen LogP contribution is -2.41. The van der Waals surface area contributed by atoms with Gasteiger partial charge in [-0.25, -0.2) is 0 Å². The Morgan fingerprint density at radius 2 is 2.00 bits per heavy atom. The molecule has 2 aliphatic heterocycles. The number of benzene rings is 1. The number of hydrogen-bond acceptors (Lipinski definition) is 3. The zero-order valence-electron chi connectivity index (χ0n) is 18.5. The molecule has 3 rings (SSSR count). The summed E-state index contributed by atoms with van der Waals surface area (Å²) < 4.78 is 0. The number of carbonyl (C=O) groups is 1. The van der Waals surface area contributed by atoms with Gasteiger partial charge in [-0.1, -0.05) is 30.7 Å². The van der Waals surface area contributed by atoms with Gasteiger partial charge in [-0.15, -0.1) is 24.0 Å². The third-order valence-electron chi connectivity index (χ3n) is 6.07. The summed E-state index contributed by atoms with van der Waals surface area (Å²) in [6, 6.07) is 9.20. The first-order valence-corrected chi connectivity index (χ1v) is 11.2. The number of carbonyl (C=O) groups excluding carboxylic acids is 1. The van der Waals surface area contributed by atoms with Gasteiger partial charge in [0, 0.05) is 52.2 Å². The van der Waals surface area contributed by atoms with Gasteiger partial charge < -0.3 is 20.4 Å². The van der Waals surface area contributed by atoms with E-state index in [-0.39, 0.29) is 29.9 Å². The third kappa shape index (κ3) is 7.72. The lowest BCUT2D eigenvalue weighted by Gasteiger charge is -2.33. The van der Waals surface area contributed by atoms with Gasteiger partial charge in [0.2, 0.25) is 5.91 Å². The summed E-state index contributed by atoms with van der Waals surface area (Å²) in [5.41, 5.74) is 2.40. The van der Waals surface area contributed by atoms with Gasteiger partial charge in [-0.2, -0.15) is 0 Å². The van der Waals surface area contributed by atoms with Crippen molar-refractivity contribution in [3.63, 3.8) is 0 Å². The van der Waals surface area contributed by atoms with E-state index in [1.54, 1.807) is 0 Å². The van der Waals surface area contributed by atoms with Crippen molar-refractivity contribution in [2.45, 2.75) is 64.6 Å². The Hall–Kier alpha value is -1.35. The first-order chi connectivity index (χ1) is 14.2. The van der Waals surface area contributed by atoms with Crippen LogP contribution in [0.5, 0.6) is 0 Å². The van der Waals surface area contributed by atoms with Crippen molar-refractivity contribution in [3.05, 3.63) is 35.4 Å². The average molecular weight is 527 g/mol. The van der Waals surface area contributed by atoms with Gasteiger partial charge in [0.05, 0.1) is 0 Å². The molecular formula is C23H38IN5O. The predicted octanol–water partition coefficient (Wildman–Crippen LogP) is 3.36. The highest BCUT2D eigenvalue weighted by Crippen LogP contribution is 2.16. The molecule has 2 heterocycles. The Morgan fingerprint density at radius 1 is 1.17 bits per heavy atom. The molecule has 30 heavy (non-hydrogen) atoms. The number of nitrogens with zero attached hydrogens (tertiary/aromatic N) is 3. The molecule has 1 atom stereocenters. The molecule has 1 aromatic rings. The molecule has 0 spiro atoms. The molecule has 1 amide bonds. The number of guanidine groups is 1. The fourth-order valence-electron chi connectivity index (χ4n) is 4.31. The molecule has 2 aliphatic rings. The standard InChI is InChI=1S/C23H37N5O.HI/c1-19-8-3-4-13-27(19)15-7-12-25-23(24-2)26-17-20-9-5-10-21(16-20)18-28-14-6-11-22(28)29;/h5,9-10,16,19H,3-4,6-8,11-15,17-18H2,1-2H3,(H2,24,25,26);1H. The summed E-state index contributed by atoms with van der Waals surface area (Å²) in [5, 5.41) is 6.84. The molecule has 0 aromatic heterocycles. The molecule has 0 radical (unpaired) electrons. The summed E-state index contributed by atoms with van der Waals surface area (Å²) in [6.45, 7) is 8.00. The fourth-order valence-corrected chi connectivity index (χ4v) is 4.31. The van der Waals surface area contributed by atoms with Crippen LogP contribution in [0.25, 0.3) is 0 Å². The van der Waals surface area contributed by atoms with Crippen LogP contribution in [0.2, 0.25) is 0 Å². The molecule has 7 heteroatoms. The van der Waals surface area contributed by atoms with Crippen molar-refractivity contribution in [3.8, 4) is 0 Å². The maximum Gasteiger partial charge on any atom is 0.222 e. The number of nitrogens with one attached hydrogen (secondary N) is 2. The summed E-state index contributed by atoms with van der Waals surface area (Å²) in [7, 11) is 1.82. The van der Waals surface area contributed by atoms with E-state index >= 15 is 0 Å². The van der Waals surface area contributed by atoms with E-state index in [1.165, 1.54) is 36.9 Å². The number of hydrogen-bond donors (Lipinski definition) is 2. The largest absolute Gasteiger partial charge is 0.356 e. The van der Waals surface area contributed by atoms with E-state index in [0.29, 0.717) is 13.0 Å². The zero-order valence-corrected chi connectivity index (χ0v) is 20.9. The maximum absolute atomic E-state index is 11.8. The molecule has 6 nitrogen and oxygen atoms in total. The molecule has 168 valence electrons. The quantitative estimate of drug-likeness (QED) is 0.236. The first kappa shape index (κ1) is 24.9. The second-order valence-corrected chi connectivity index (χ2v) is 8.33. The van der Waals surface area contributed by atoms with Gasteiger partial charge in [0.1, 0.15) is 0 Å². The Kier molecular flexibility index (Phi) is 10.9. The number of halogens is 1. The Labute approximate surface area is 198 Å². The zero-order chi connectivity index (χ0) is 20.5. The highest BCUT2D eigenvalue weighted by molar-refractivity contribution is 14.0. The van der Waals surface area contributed by atoms with E-state index in [9.17, 15) is 4.79 Å². The topological polar surface area (TPSA) is 60.0 Å². The number of piperidine rings is 1. The van der Waals surface area contributed by atoms with Crippen molar-refractivity contribution >= 4 is 35.8 Å². The second kappa shape index (κ2) is 13.1. The van der Waals surface area contributed by atoms with Gasteiger partial charge >= 0.3 is 0 Å². The number of rotatable bonds is 8. The summed E-state index contributed by atoms with van der Waals surface area (Å²) in [6.07, 6.45) is 6.86. The van der Waals surface area contributed by atoms with Gasteiger partial charge in [-0.3, -0.25) is 9.79 Å². The molecule has 2 fully saturated rings. The molecule has 0 aliphatic carbocycles. The van der Waals surface area contributed by atoms with Crippen LogP contribution in [-0.2, 0) is 17.9 Å². The van der Waals surface area contributed by atoms with Crippen LogP contribution in [0.4, 0.5) is 0 Å². The SMILES string of the molecule is CN=C(NCCCN1CCCCC1C)NCc1cccc(CN2CCCC2=O)c1.I. The van der Waals surface area contributed by atoms with Crippen molar-refractivity contribution in [1.82, 2.24) is 20.4 Å². The molecule has 1 aromatic carbocycles. The van der Waals surface area contributed by atoms with E-state index in [1.807, 2.05) is 11.9 Å². The average Bonchev–Trinajstić information content (AvgIpc) is 3.13. The number of aliphatic imine (C=N–C) groups is 1. The number of amides is 1. The smallest absolute Gasteiger partial charge is 0.222 e. The lowest BCUT2D eigenvalue weighted by molar-refractivity contribution is -0.128. The first-order valence-electron chi connectivity index (χ1n) is 11.2. The molecule has 0 saturated carbocycles. The molecule has 1 unspecified atom stereocenters. The Morgan fingerprint density at radius 3 is 2.73 bits per heavy atom. The van der Waals surface area contributed by atoms with Crippen LogP contribution < -0.4 is 10.6 Å². The Balaban J connectivity index is 0.00000320. The van der Waals surface area contributed by atoms with E-state index in [2.05, 4.69) is 51.7 Å². The van der Waals surface area contributed by atoms with Gasteiger partial charge in [0.15, 0.2) is 5.96 Å². The van der Waals surface area contributed by atoms with Crippen molar-refractivity contribution in [1.29, 1.82) is 0 Å². The van der Waals surface area contributed by atoms with Crippen molar-refractivity contribution in [2.24, 2.45) is 4.99 Å². The second-order valence-electron chi connectivity index (χ2n) is 8.33.